The van der Waals surface area contributed by atoms with E-state index in [4.69, 9.17) is 0 Å². The minimum Gasteiger partial charge on any atom is -0.312 e. The maximum atomic E-state index is 4.36. The minimum absolute atomic E-state index is 0.104. The van der Waals surface area contributed by atoms with Gasteiger partial charge in [-0.1, -0.05) is 13.8 Å². The second kappa shape index (κ2) is 4.20. The van der Waals surface area contributed by atoms with Crippen LogP contribution in [0.15, 0.2) is 12.4 Å². The van der Waals surface area contributed by atoms with Crippen LogP contribution >= 0.6 is 0 Å². The molecule has 0 spiro atoms. The van der Waals surface area contributed by atoms with E-state index >= 15 is 0 Å². The highest BCUT2D eigenvalue weighted by Gasteiger charge is 2.27. The van der Waals surface area contributed by atoms with E-state index in [1.165, 1.54) is 0 Å². The second-order valence-electron chi connectivity index (χ2n) is 5.06. The Kier molecular flexibility index (Phi) is 2.66. The third kappa shape index (κ3) is 1.73. The molecule has 1 aliphatic rings. The summed E-state index contributed by atoms with van der Waals surface area (Å²) in [6, 6.07) is 0.104. The van der Waals surface area contributed by atoms with Gasteiger partial charge in [0, 0.05) is 37.8 Å². The molecular weight excluding hydrogens is 228 g/mol. The van der Waals surface area contributed by atoms with Crippen molar-refractivity contribution in [3.63, 3.8) is 0 Å². The predicted molar refractivity (Wildman–Crippen MR) is 67.2 cm³/mol. The summed E-state index contributed by atoms with van der Waals surface area (Å²) in [4.78, 5) is 0. The summed E-state index contributed by atoms with van der Waals surface area (Å²) in [6.45, 7) is 6.17. The molecule has 3 heterocycles. The van der Waals surface area contributed by atoms with Crippen LogP contribution in [0.5, 0.6) is 0 Å². The van der Waals surface area contributed by atoms with Gasteiger partial charge in [-0.25, -0.2) is 0 Å². The van der Waals surface area contributed by atoms with Crippen molar-refractivity contribution in [1.29, 1.82) is 0 Å². The van der Waals surface area contributed by atoms with Gasteiger partial charge in [0.15, 0.2) is 5.82 Å². The van der Waals surface area contributed by atoms with E-state index in [1.807, 2.05) is 24.1 Å². The highest BCUT2D eigenvalue weighted by Crippen LogP contribution is 2.25. The molecule has 0 saturated heterocycles. The Bertz CT molecular complexity index is 553. The number of nitrogens with zero attached hydrogens (tertiary/aromatic N) is 5. The molecule has 1 unspecified atom stereocenters. The summed E-state index contributed by atoms with van der Waals surface area (Å²) < 4.78 is 4.05. The Labute approximate surface area is 106 Å². The first-order valence-electron chi connectivity index (χ1n) is 6.31. The molecule has 18 heavy (non-hydrogen) atoms. The molecule has 0 aromatic carbocycles. The quantitative estimate of drug-likeness (QED) is 0.852. The Balaban J connectivity index is 2.02. The van der Waals surface area contributed by atoms with Crippen molar-refractivity contribution in [3.05, 3.63) is 29.6 Å². The molecule has 6 nitrogen and oxygen atoms in total. The predicted octanol–water partition coefficient (Wildman–Crippen LogP) is 0.828. The van der Waals surface area contributed by atoms with Gasteiger partial charge in [0.2, 0.25) is 0 Å². The van der Waals surface area contributed by atoms with Crippen molar-refractivity contribution in [2.24, 2.45) is 7.05 Å². The van der Waals surface area contributed by atoms with Gasteiger partial charge in [0.1, 0.15) is 5.82 Å². The fourth-order valence-corrected chi connectivity index (χ4v) is 2.47. The number of nitrogens with one attached hydrogen (secondary N) is 1. The average Bonchev–Trinajstić information content (AvgIpc) is 2.94. The van der Waals surface area contributed by atoms with Gasteiger partial charge >= 0.3 is 0 Å². The van der Waals surface area contributed by atoms with Crippen LogP contribution in [0.4, 0.5) is 0 Å². The standard InChI is InChI=1S/C12H18N6/c1-8(2)11-15-16-12-10(13-4-5-18(11)12)9-6-14-17(3)7-9/h6-8,10,13H,4-5H2,1-3H3. The Morgan fingerprint density at radius 3 is 2.89 bits per heavy atom. The molecule has 96 valence electrons. The molecule has 1 N–H and O–H groups in total. The molecule has 0 bridgehead atoms. The lowest BCUT2D eigenvalue weighted by Crippen LogP contribution is -2.34. The van der Waals surface area contributed by atoms with Crippen LogP contribution in [0.1, 0.15) is 43.0 Å². The van der Waals surface area contributed by atoms with E-state index in [1.54, 1.807) is 0 Å². The Hall–Kier alpha value is -1.69. The zero-order valence-corrected chi connectivity index (χ0v) is 11.0. The third-order valence-corrected chi connectivity index (χ3v) is 3.32. The van der Waals surface area contributed by atoms with Gasteiger partial charge in [0.05, 0.1) is 12.2 Å². The van der Waals surface area contributed by atoms with Gasteiger partial charge in [-0.2, -0.15) is 5.10 Å². The number of hydrogen-bond acceptors (Lipinski definition) is 4. The molecule has 2 aromatic heterocycles. The van der Waals surface area contributed by atoms with Crippen molar-refractivity contribution < 1.29 is 0 Å². The smallest absolute Gasteiger partial charge is 0.154 e. The highest BCUT2D eigenvalue weighted by atomic mass is 15.3. The highest BCUT2D eigenvalue weighted by molar-refractivity contribution is 5.22. The van der Waals surface area contributed by atoms with E-state index in [-0.39, 0.29) is 6.04 Å². The van der Waals surface area contributed by atoms with Crippen LogP contribution in [-0.2, 0) is 13.6 Å². The summed E-state index contributed by atoms with van der Waals surface area (Å²) in [7, 11) is 1.93. The SMILES string of the molecule is CC(C)c1nnc2n1CCNC2c1cnn(C)c1. The number of aryl methyl sites for hydroxylation is 1. The Morgan fingerprint density at radius 2 is 2.22 bits per heavy atom. The van der Waals surface area contributed by atoms with E-state index < -0.39 is 0 Å². The average molecular weight is 246 g/mol. The zero-order chi connectivity index (χ0) is 12.7. The van der Waals surface area contributed by atoms with E-state index in [0.717, 1.165) is 30.3 Å². The van der Waals surface area contributed by atoms with E-state index in [9.17, 15) is 0 Å². The van der Waals surface area contributed by atoms with Crippen molar-refractivity contribution in [2.45, 2.75) is 32.4 Å². The molecule has 0 aliphatic carbocycles. The lowest BCUT2D eigenvalue weighted by Gasteiger charge is -2.24. The molecule has 1 atom stereocenters. The fourth-order valence-electron chi connectivity index (χ4n) is 2.47. The molecular formula is C12H18N6. The Morgan fingerprint density at radius 1 is 1.39 bits per heavy atom. The van der Waals surface area contributed by atoms with Crippen LogP contribution in [0, 0.1) is 0 Å². The van der Waals surface area contributed by atoms with Crippen molar-refractivity contribution in [3.8, 4) is 0 Å². The molecule has 6 heteroatoms. The van der Waals surface area contributed by atoms with Crippen molar-refractivity contribution in [2.75, 3.05) is 6.54 Å². The maximum Gasteiger partial charge on any atom is 0.154 e. The largest absolute Gasteiger partial charge is 0.312 e. The van der Waals surface area contributed by atoms with Gasteiger partial charge in [-0.3, -0.25) is 4.68 Å². The minimum atomic E-state index is 0.104. The van der Waals surface area contributed by atoms with Crippen molar-refractivity contribution in [1.82, 2.24) is 29.9 Å². The first kappa shape index (κ1) is 11.4. The normalized spacial score (nSPS) is 19.2. The molecule has 1 aliphatic heterocycles. The lowest BCUT2D eigenvalue weighted by molar-refractivity contribution is 0.443. The van der Waals surface area contributed by atoms with E-state index in [0.29, 0.717) is 5.92 Å². The summed E-state index contributed by atoms with van der Waals surface area (Å²) >= 11 is 0. The third-order valence-electron chi connectivity index (χ3n) is 3.32. The first-order chi connectivity index (χ1) is 8.66. The summed E-state index contributed by atoms with van der Waals surface area (Å²) in [5.74, 6) is 2.47. The molecule has 3 rings (SSSR count). The van der Waals surface area contributed by atoms with Crippen molar-refractivity contribution >= 4 is 0 Å². The summed E-state index contributed by atoms with van der Waals surface area (Å²) in [5, 5.41) is 16.4. The molecule has 0 fully saturated rings. The fraction of sp³-hybridized carbons (Fsp3) is 0.583. The topological polar surface area (TPSA) is 60.6 Å². The van der Waals surface area contributed by atoms with E-state index in [2.05, 4.69) is 39.0 Å². The first-order valence-corrected chi connectivity index (χ1v) is 6.31. The van der Waals surface area contributed by atoms with Crippen LogP contribution < -0.4 is 5.32 Å². The number of hydrogen-bond donors (Lipinski definition) is 1. The van der Waals surface area contributed by atoms with Crippen LogP contribution in [0.3, 0.4) is 0 Å². The zero-order valence-electron chi connectivity index (χ0n) is 11.0. The maximum absolute atomic E-state index is 4.36. The number of fused-ring (bicyclic) bond motifs is 1. The molecule has 0 radical (unpaired) electrons. The van der Waals surface area contributed by atoms with Crippen LogP contribution in [0.25, 0.3) is 0 Å². The van der Waals surface area contributed by atoms with Gasteiger partial charge in [-0.05, 0) is 0 Å². The monoisotopic (exact) mass is 246 g/mol. The second-order valence-corrected chi connectivity index (χ2v) is 5.06. The summed E-state index contributed by atoms with van der Waals surface area (Å²) in [5.41, 5.74) is 1.14. The number of rotatable bonds is 2. The number of aromatic nitrogens is 5. The summed E-state index contributed by atoms with van der Waals surface area (Å²) in [6.07, 6.45) is 3.91. The molecule has 0 amide bonds. The van der Waals surface area contributed by atoms with Gasteiger partial charge in [-0.15, -0.1) is 10.2 Å². The van der Waals surface area contributed by atoms with Crippen LogP contribution in [0.2, 0.25) is 0 Å². The van der Waals surface area contributed by atoms with Gasteiger partial charge in [0.25, 0.3) is 0 Å². The van der Waals surface area contributed by atoms with Gasteiger partial charge < -0.3 is 9.88 Å². The van der Waals surface area contributed by atoms with Crippen LogP contribution in [-0.4, -0.2) is 31.1 Å². The molecule has 2 aromatic rings. The lowest BCUT2D eigenvalue weighted by atomic mass is 10.1. The molecule has 0 saturated carbocycles.